The van der Waals surface area contributed by atoms with Gasteiger partial charge in [0, 0.05) is 13.7 Å². The van der Waals surface area contributed by atoms with E-state index in [9.17, 15) is 9.59 Å². The van der Waals surface area contributed by atoms with Crippen LogP contribution in [0.5, 0.6) is 5.75 Å². The number of fused-ring (bicyclic) bond motifs is 1. The molecule has 0 aliphatic rings. The summed E-state index contributed by atoms with van der Waals surface area (Å²) in [7, 11) is 0. The van der Waals surface area contributed by atoms with Gasteiger partial charge in [0.1, 0.15) is 10.6 Å². The predicted molar refractivity (Wildman–Crippen MR) is 132 cm³/mol. The molecule has 31 heavy (non-hydrogen) atoms. The molecule has 1 heterocycles. The second-order valence-corrected chi connectivity index (χ2v) is 8.97. The Bertz CT molecular complexity index is 1320. The van der Waals surface area contributed by atoms with Gasteiger partial charge in [0.2, 0.25) is 0 Å². The number of esters is 1. The third-order valence-corrected chi connectivity index (χ3v) is 6.88. The lowest BCUT2D eigenvalue weighted by atomic mass is 10.2. The minimum Gasteiger partial charge on any atom is -0.422 e. The molecule has 0 unspecified atom stereocenters. The number of hydrogen-bond acceptors (Lipinski definition) is 5. The summed E-state index contributed by atoms with van der Waals surface area (Å²) in [4.78, 5) is 25.2. The van der Waals surface area contributed by atoms with Crippen LogP contribution in [-0.2, 0) is 0 Å². The Morgan fingerprint density at radius 3 is 2.61 bits per heavy atom. The van der Waals surface area contributed by atoms with Gasteiger partial charge in [-0.05, 0) is 58.5 Å². The number of amides is 1. The van der Waals surface area contributed by atoms with Crippen molar-refractivity contribution in [3.8, 4) is 5.75 Å². The fraction of sp³-hybridized carbons (Fsp3) is 0. The maximum atomic E-state index is 12.6. The zero-order valence-electron chi connectivity index (χ0n) is 15.8. The average Bonchev–Trinajstić information content (AvgIpc) is 3.11. The molecule has 0 bridgehead atoms. The van der Waals surface area contributed by atoms with Gasteiger partial charge in [-0.15, -0.1) is 11.3 Å². The van der Waals surface area contributed by atoms with Crippen molar-refractivity contribution >= 4 is 73.7 Å². The topological polar surface area (TPSA) is 67.8 Å². The number of ether oxygens (including phenoxy) is 1. The molecular weight excluding hydrogens is 547 g/mol. The van der Waals surface area contributed by atoms with Gasteiger partial charge in [-0.2, -0.15) is 5.10 Å². The van der Waals surface area contributed by atoms with E-state index in [1.807, 2.05) is 36.4 Å². The number of benzene rings is 3. The number of thiophene rings is 1. The Balaban J connectivity index is 1.45. The number of nitrogens with one attached hydrogen (secondary N) is 1. The molecule has 0 aliphatic heterocycles. The Morgan fingerprint density at radius 2 is 1.81 bits per heavy atom. The van der Waals surface area contributed by atoms with Crippen LogP contribution in [0, 0.1) is 3.57 Å². The molecule has 0 radical (unpaired) electrons. The highest BCUT2D eigenvalue weighted by atomic mass is 127. The van der Waals surface area contributed by atoms with Crippen molar-refractivity contribution in [2.75, 3.05) is 0 Å². The Labute approximate surface area is 200 Å². The van der Waals surface area contributed by atoms with Crippen LogP contribution < -0.4 is 10.2 Å². The standard InChI is InChI=1S/C23H14ClIN2O3S/c24-20-17-9-2-4-11-19(17)31-21(20)23(29)30-15-7-5-6-14(12-15)13-26-27-22(28)16-8-1-3-10-18(16)25/h1-13H,(H,27,28)/b26-13-. The smallest absolute Gasteiger partial charge is 0.355 e. The predicted octanol–water partition coefficient (Wildman–Crippen LogP) is 6.14. The minimum absolute atomic E-state index is 0.303. The number of hydrogen-bond donors (Lipinski definition) is 1. The monoisotopic (exact) mass is 560 g/mol. The van der Waals surface area contributed by atoms with Crippen molar-refractivity contribution < 1.29 is 14.3 Å². The molecule has 4 aromatic rings. The van der Waals surface area contributed by atoms with Crippen molar-refractivity contribution in [1.82, 2.24) is 5.43 Å². The lowest BCUT2D eigenvalue weighted by Gasteiger charge is -2.04. The van der Waals surface area contributed by atoms with E-state index in [0.717, 1.165) is 13.7 Å². The van der Waals surface area contributed by atoms with Crippen molar-refractivity contribution in [1.29, 1.82) is 0 Å². The minimum atomic E-state index is -0.521. The molecule has 5 nitrogen and oxygen atoms in total. The van der Waals surface area contributed by atoms with Crippen LogP contribution in [0.2, 0.25) is 5.02 Å². The van der Waals surface area contributed by atoms with Crippen LogP contribution in [0.1, 0.15) is 25.6 Å². The van der Waals surface area contributed by atoms with Gasteiger partial charge in [0.25, 0.3) is 5.91 Å². The van der Waals surface area contributed by atoms with Crippen molar-refractivity contribution in [3.05, 3.63) is 97.4 Å². The average molecular weight is 561 g/mol. The third kappa shape index (κ3) is 4.95. The van der Waals surface area contributed by atoms with Gasteiger partial charge < -0.3 is 4.74 Å². The lowest BCUT2D eigenvalue weighted by molar-refractivity contribution is 0.0740. The second kappa shape index (κ2) is 9.59. The van der Waals surface area contributed by atoms with Gasteiger partial charge in [0.05, 0.1) is 16.8 Å². The first kappa shape index (κ1) is 21.5. The van der Waals surface area contributed by atoms with Gasteiger partial charge in [0.15, 0.2) is 0 Å². The molecule has 8 heteroatoms. The highest BCUT2D eigenvalue weighted by Crippen LogP contribution is 2.35. The summed E-state index contributed by atoms with van der Waals surface area (Å²) >= 11 is 9.74. The Kier molecular flexibility index (Phi) is 6.64. The molecular formula is C23H14ClIN2O3S. The van der Waals surface area contributed by atoms with Gasteiger partial charge in [-0.1, -0.05) is 54.1 Å². The molecule has 154 valence electrons. The summed E-state index contributed by atoms with van der Waals surface area (Å²) in [5.41, 5.74) is 3.71. The zero-order chi connectivity index (χ0) is 21.8. The molecule has 1 aromatic heterocycles. The molecule has 0 saturated heterocycles. The molecule has 0 saturated carbocycles. The molecule has 3 aromatic carbocycles. The van der Waals surface area contributed by atoms with E-state index in [-0.39, 0.29) is 5.91 Å². The first-order valence-electron chi connectivity index (χ1n) is 9.10. The van der Waals surface area contributed by atoms with Crippen LogP contribution in [-0.4, -0.2) is 18.1 Å². The number of rotatable bonds is 5. The van der Waals surface area contributed by atoms with Crippen molar-refractivity contribution in [2.45, 2.75) is 0 Å². The van der Waals surface area contributed by atoms with Crippen molar-refractivity contribution in [2.24, 2.45) is 5.10 Å². The Morgan fingerprint density at radius 1 is 1.03 bits per heavy atom. The van der Waals surface area contributed by atoms with Crippen LogP contribution in [0.25, 0.3) is 10.1 Å². The Hall–Kier alpha value is -2.75. The highest BCUT2D eigenvalue weighted by molar-refractivity contribution is 14.1. The molecule has 4 rings (SSSR count). The number of hydrazone groups is 1. The van der Waals surface area contributed by atoms with Crippen LogP contribution >= 0.6 is 45.5 Å². The highest BCUT2D eigenvalue weighted by Gasteiger charge is 2.19. The van der Waals surface area contributed by atoms with E-state index in [1.54, 1.807) is 36.4 Å². The SMILES string of the molecule is O=C(N/N=C\c1cccc(OC(=O)c2sc3ccccc3c2Cl)c1)c1ccccc1I. The normalized spacial score (nSPS) is 11.0. The van der Waals surface area contributed by atoms with E-state index in [2.05, 4.69) is 33.1 Å². The summed E-state index contributed by atoms with van der Waals surface area (Å²) in [6.07, 6.45) is 1.48. The maximum Gasteiger partial charge on any atom is 0.355 e. The molecule has 1 N–H and O–H groups in total. The first-order chi connectivity index (χ1) is 15.0. The molecule has 1 amide bonds. The zero-order valence-corrected chi connectivity index (χ0v) is 19.6. The largest absolute Gasteiger partial charge is 0.422 e. The number of nitrogens with zero attached hydrogens (tertiary/aromatic N) is 1. The number of halogens is 2. The summed E-state index contributed by atoms with van der Waals surface area (Å²) in [6.45, 7) is 0. The quantitative estimate of drug-likeness (QED) is 0.105. The maximum absolute atomic E-state index is 12.6. The lowest BCUT2D eigenvalue weighted by Crippen LogP contribution is -2.18. The van der Waals surface area contributed by atoms with Crippen LogP contribution in [0.3, 0.4) is 0 Å². The second-order valence-electron chi connectivity index (χ2n) is 6.38. The molecule has 0 aliphatic carbocycles. The van der Waals surface area contributed by atoms with Crippen LogP contribution in [0.15, 0.2) is 77.9 Å². The van der Waals surface area contributed by atoms with Crippen LogP contribution in [0.4, 0.5) is 0 Å². The fourth-order valence-corrected chi connectivity index (χ4v) is 4.85. The third-order valence-electron chi connectivity index (χ3n) is 4.29. The molecule has 0 atom stereocenters. The van der Waals surface area contributed by atoms with Gasteiger partial charge in [-0.3, -0.25) is 4.79 Å². The number of carbonyl (C=O) groups is 2. The van der Waals surface area contributed by atoms with Crippen molar-refractivity contribution in [3.63, 3.8) is 0 Å². The van der Waals surface area contributed by atoms with E-state index in [1.165, 1.54) is 17.6 Å². The molecule has 0 spiro atoms. The van der Waals surface area contributed by atoms with E-state index < -0.39 is 5.97 Å². The summed E-state index contributed by atoms with van der Waals surface area (Å²) in [5.74, 6) is -0.470. The van der Waals surface area contributed by atoms with E-state index in [4.69, 9.17) is 16.3 Å². The number of carbonyl (C=O) groups excluding carboxylic acids is 2. The van der Waals surface area contributed by atoms with E-state index in [0.29, 0.717) is 26.8 Å². The first-order valence-corrected chi connectivity index (χ1v) is 11.4. The van der Waals surface area contributed by atoms with Gasteiger partial charge >= 0.3 is 5.97 Å². The summed E-state index contributed by atoms with van der Waals surface area (Å²) < 4.78 is 7.26. The summed E-state index contributed by atoms with van der Waals surface area (Å²) in [6, 6.07) is 21.6. The molecule has 0 fully saturated rings. The van der Waals surface area contributed by atoms with Gasteiger partial charge in [-0.25, -0.2) is 10.2 Å². The summed E-state index contributed by atoms with van der Waals surface area (Å²) in [5, 5.41) is 5.21. The fourth-order valence-electron chi connectivity index (χ4n) is 2.83. The van der Waals surface area contributed by atoms with E-state index >= 15 is 0 Å².